The summed E-state index contributed by atoms with van der Waals surface area (Å²) >= 11 is 0. The second-order valence-corrected chi connectivity index (χ2v) is 6.41. The van der Waals surface area contributed by atoms with Crippen LogP contribution in [-0.2, 0) is 0 Å². The van der Waals surface area contributed by atoms with Gasteiger partial charge in [-0.15, -0.1) is 0 Å². The molecule has 2 heterocycles. The average molecular weight is 349 g/mol. The molecule has 128 valence electrons. The molecular weight excluding hydrogens is 334 g/mol. The van der Waals surface area contributed by atoms with E-state index in [1.54, 1.807) is 12.3 Å². The molecule has 0 aliphatic heterocycles. The summed E-state index contributed by atoms with van der Waals surface area (Å²) in [5.74, 6) is 0.544. The highest BCUT2D eigenvalue weighted by molar-refractivity contribution is 5.91. The molecule has 3 heteroatoms. The van der Waals surface area contributed by atoms with Gasteiger partial charge in [-0.25, -0.2) is 0 Å². The first-order valence-electron chi connectivity index (χ1n) is 8.78. The number of rotatable bonds is 2. The molecule has 0 amide bonds. The Kier molecular flexibility index (Phi) is 3.58. The first kappa shape index (κ1) is 15.5. The van der Waals surface area contributed by atoms with Gasteiger partial charge in [0.2, 0.25) is 5.43 Å². The summed E-state index contributed by atoms with van der Waals surface area (Å²) in [6.07, 6.45) is 1.80. The molecule has 0 spiro atoms. The van der Waals surface area contributed by atoms with Gasteiger partial charge in [0.25, 0.3) is 0 Å². The molecule has 0 bridgehead atoms. The fourth-order valence-electron chi connectivity index (χ4n) is 3.39. The third-order valence-corrected chi connectivity index (χ3v) is 4.72. The van der Waals surface area contributed by atoms with E-state index in [4.69, 9.17) is 4.42 Å². The third kappa shape index (κ3) is 2.61. The van der Waals surface area contributed by atoms with Gasteiger partial charge in [-0.1, -0.05) is 66.7 Å². The SMILES string of the molecule is O=c1c(-c2cc3ccccc3cn2)c(-c2ccccc2)oc2ccccc12. The molecule has 5 rings (SSSR count). The van der Waals surface area contributed by atoms with Gasteiger partial charge in [0.05, 0.1) is 16.6 Å². The molecule has 27 heavy (non-hydrogen) atoms. The third-order valence-electron chi connectivity index (χ3n) is 4.72. The molecule has 5 aromatic rings. The van der Waals surface area contributed by atoms with Crippen molar-refractivity contribution >= 4 is 21.7 Å². The van der Waals surface area contributed by atoms with Crippen LogP contribution < -0.4 is 5.43 Å². The summed E-state index contributed by atoms with van der Waals surface area (Å²) in [6, 6.07) is 26.9. The minimum Gasteiger partial charge on any atom is -0.455 e. The summed E-state index contributed by atoms with van der Waals surface area (Å²) < 4.78 is 6.19. The van der Waals surface area contributed by atoms with Crippen molar-refractivity contribution in [1.29, 1.82) is 0 Å². The van der Waals surface area contributed by atoms with E-state index in [9.17, 15) is 4.79 Å². The molecule has 3 aromatic carbocycles. The predicted molar refractivity (Wildman–Crippen MR) is 109 cm³/mol. The maximum Gasteiger partial charge on any atom is 0.202 e. The number of pyridine rings is 1. The van der Waals surface area contributed by atoms with Gasteiger partial charge in [-0.3, -0.25) is 9.78 Å². The summed E-state index contributed by atoms with van der Waals surface area (Å²) in [5.41, 5.74) is 2.47. The van der Waals surface area contributed by atoms with Crippen molar-refractivity contribution < 1.29 is 4.42 Å². The molecule has 0 saturated carbocycles. The zero-order chi connectivity index (χ0) is 18.2. The normalized spacial score (nSPS) is 11.1. The Morgan fingerprint density at radius 3 is 2.30 bits per heavy atom. The molecule has 0 radical (unpaired) electrons. The van der Waals surface area contributed by atoms with Crippen LogP contribution in [-0.4, -0.2) is 4.98 Å². The molecule has 0 saturated heterocycles. The number of fused-ring (bicyclic) bond motifs is 2. The van der Waals surface area contributed by atoms with Gasteiger partial charge in [-0.05, 0) is 23.6 Å². The first-order valence-corrected chi connectivity index (χ1v) is 8.78. The molecule has 2 aromatic heterocycles. The summed E-state index contributed by atoms with van der Waals surface area (Å²) in [7, 11) is 0. The second kappa shape index (κ2) is 6.22. The maximum atomic E-state index is 13.4. The van der Waals surface area contributed by atoms with Crippen LogP contribution in [0, 0.1) is 0 Å². The highest BCUT2D eigenvalue weighted by Crippen LogP contribution is 2.32. The quantitative estimate of drug-likeness (QED) is 0.412. The molecule has 0 fully saturated rings. The molecule has 0 aliphatic carbocycles. The summed E-state index contributed by atoms with van der Waals surface area (Å²) in [5, 5.41) is 2.63. The van der Waals surface area contributed by atoms with Gasteiger partial charge in [0.15, 0.2) is 0 Å². The largest absolute Gasteiger partial charge is 0.455 e. The Morgan fingerprint density at radius 2 is 1.44 bits per heavy atom. The van der Waals surface area contributed by atoms with Gasteiger partial charge in [0, 0.05) is 17.1 Å². The van der Waals surface area contributed by atoms with E-state index >= 15 is 0 Å². The van der Waals surface area contributed by atoms with Crippen LogP contribution in [0.15, 0.2) is 100 Å². The minimum atomic E-state index is -0.0708. The van der Waals surface area contributed by atoms with Crippen LogP contribution in [0.3, 0.4) is 0 Å². The van der Waals surface area contributed by atoms with E-state index in [1.807, 2.05) is 78.9 Å². The van der Waals surface area contributed by atoms with Crippen molar-refractivity contribution in [2.45, 2.75) is 0 Å². The Morgan fingerprint density at radius 1 is 0.741 bits per heavy atom. The molecule has 0 aliphatic rings. The van der Waals surface area contributed by atoms with Gasteiger partial charge in [0.1, 0.15) is 11.3 Å². The minimum absolute atomic E-state index is 0.0708. The highest BCUT2D eigenvalue weighted by atomic mass is 16.3. The monoisotopic (exact) mass is 349 g/mol. The number of hydrogen-bond acceptors (Lipinski definition) is 3. The zero-order valence-electron chi connectivity index (χ0n) is 14.4. The maximum absolute atomic E-state index is 13.4. The van der Waals surface area contributed by atoms with Crippen LogP contribution in [0.1, 0.15) is 0 Å². The van der Waals surface area contributed by atoms with Crippen LogP contribution in [0.25, 0.3) is 44.3 Å². The molecule has 0 atom stereocenters. The van der Waals surface area contributed by atoms with E-state index in [1.165, 1.54) is 0 Å². The Balaban J connectivity index is 1.89. The fraction of sp³-hybridized carbons (Fsp3) is 0. The Hall–Kier alpha value is -3.72. The van der Waals surface area contributed by atoms with Crippen molar-refractivity contribution in [3.8, 4) is 22.6 Å². The molecule has 0 N–H and O–H groups in total. The van der Waals surface area contributed by atoms with Gasteiger partial charge in [-0.2, -0.15) is 0 Å². The lowest BCUT2D eigenvalue weighted by atomic mass is 10.0. The molecule has 3 nitrogen and oxygen atoms in total. The predicted octanol–water partition coefficient (Wildman–Crippen LogP) is 5.68. The van der Waals surface area contributed by atoms with Gasteiger partial charge < -0.3 is 4.42 Å². The van der Waals surface area contributed by atoms with Crippen molar-refractivity contribution in [1.82, 2.24) is 4.98 Å². The Bertz CT molecular complexity index is 1340. The lowest BCUT2D eigenvalue weighted by Crippen LogP contribution is -2.08. The summed E-state index contributed by atoms with van der Waals surface area (Å²) in [4.78, 5) is 17.9. The standard InChI is InChI=1S/C24H15NO2/c26-23-19-12-6-7-13-21(19)27-24(16-8-2-1-3-9-16)22(23)20-14-17-10-4-5-11-18(17)15-25-20/h1-15H. The number of hydrogen-bond donors (Lipinski definition) is 0. The lowest BCUT2D eigenvalue weighted by Gasteiger charge is -2.10. The van der Waals surface area contributed by atoms with Crippen molar-refractivity contribution in [2.75, 3.05) is 0 Å². The summed E-state index contributed by atoms with van der Waals surface area (Å²) in [6.45, 7) is 0. The van der Waals surface area contributed by atoms with E-state index in [0.29, 0.717) is 28.0 Å². The van der Waals surface area contributed by atoms with Crippen molar-refractivity contribution in [3.05, 3.63) is 101 Å². The highest BCUT2D eigenvalue weighted by Gasteiger charge is 2.18. The van der Waals surface area contributed by atoms with Crippen LogP contribution in [0.5, 0.6) is 0 Å². The second-order valence-electron chi connectivity index (χ2n) is 6.41. The smallest absolute Gasteiger partial charge is 0.202 e. The number of nitrogens with zero attached hydrogens (tertiary/aromatic N) is 1. The van der Waals surface area contributed by atoms with Gasteiger partial charge >= 0.3 is 0 Å². The average Bonchev–Trinajstić information content (AvgIpc) is 2.74. The first-order chi connectivity index (χ1) is 13.3. The van der Waals surface area contributed by atoms with Crippen LogP contribution >= 0.6 is 0 Å². The number of benzene rings is 3. The zero-order valence-corrected chi connectivity index (χ0v) is 14.4. The number of para-hydroxylation sites is 1. The van der Waals surface area contributed by atoms with E-state index in [-0.39, 0.29) is 5.43 Å². The molecule has 0 unspecified atom stereocenters. The van der Waals surface area contributed by atoms with E-state index in [0.717, 1.165) is 16.3 Å². The van der Waals surface area contributed by atoms with Crippen molar-refractivity contribution in [3.63, 3.8) is 0 Å². The Labute approximate surface area is 155 Å². The van der Waals surface area contributed by atoms with E-state index in [2.05, 4.69) is 4.98 Å². The lowest BCUT2D eigenvalue weighted by molar-refractivity contribution is 0.620. The van der Waals surface area contributed by atoms with Crippen LogP contribution in [0.2, 0.25) is 0 Å². The van der Waals surface area contributed by atoms with E-state index < -0.39 is 0 Å². The topological polar surface area (TPSA) is 43.1 Å². The van der Waals surface area contributed by atoms with Crippen molar-refractivity contribution in [2.24, 2.45) is 0 Å². The fourth-order valence-corrected chi connectivity index (χ4v) is 3.39. The molecular formula is C24H15NO2. The number of aromatic nitrogens is 1. The van der Waals surface area contributed by atoms with Crippen LogP contribution in [0.4, 0.5) is 0 Å².